The third-order valence-corrected chi connectivity index (χ3v) is 4.03. The summed E-state index contributed by atoms with van der Waals surface area (Å²) in [6.07, 6.45) is 3.44. The van der Waals surface area contributed by atoms with Crippen molar-refractivity contribution in [2.45, 2.75) is 38.2 Å². The minimum atomic E-state index is -0.840. The number of amides is 1. The molecule has 0 spiro atoms. The van der Waals surface area contributed by atoms with Crippen LogP contribution in [0.2, 0.25) is 0 Å². The van der Waals surface area contributed by atoms with Crippen LogP contribution in [0, 0.1) is 0 Å². The number of rotatable bonds is 8. The summed E-state index contributed by atoms with van der Waals surface area (Å²) >= 11 is 1.70. The van der Waals surface area contributed by atoms with Gasteiger partial charge in [0, 0.05) is 6.54 Å². The second-order valence-corrected chi connectivity index (χ2v) is 6.31. The van der Waals surface area contributed by atoms with Crippen LogP contribution in [-0.2, 0) is 4.79 Å². The lowest BCUT2D eigenvalue weighted by molar-refractivity contribution is -0.123. The quantitative estimate of drug-likeness (QED) is 0.775. The van der Waals surface area contributed by atoms with E-state index in [0.717, 1.165) is 17.7 Å². The smallest absolute Gasteiger partial charge is 0.227 e. The van der Waals surface area contributed by atoms with Crippen molar-refractivity contribution < 1.29 is 9.90 Å². The largest absolute Gasteiger partial charge is 0.388 e. The topological polar surface area (TPSA) is 49.3 Å². The van der Waals surface area contributed by atoms with Crippen LogP contribution in [0.3, 0.4) is 0 Å². The Morgan fingerprint density at radius 2 is 2.05 bits per heavy atom. The van der Waals surface area contributed by atoms with Crippen LogP contribution in [0.1, 0.15) is 38.2 Å². The highest BCUT2D eigenvalue weighted by Gasteiger charge is 2.24. The monoisotopic (exact) mass is 295 g/mol. The van der Waals surface area contributed by atoms with E-state index < -0.39 is 5.60 Å². The van der Waals surface area contributed by atoms with Gasteiger partial charge in [-0.05, 0) is 37.3 Å². The van der Waals surface area contributed by atoms with E-state index in [4.69, 9.17) is 0 Å². The highest BCUT2D eigenvalue weighted by Crippen LogP contribution is 2.20. The van der Waals surface area contributed by atoms with Gasteiger partial charge in [-0.25, -0.2) is 0 Å². The summed E-state index contributed by atoms with van der Waals surface area (Å²) in [5.41, 5.74) is 0.185. The second-order valence-electron chi connectivity index (χ2n) is 5.33. The Kier molecular flexibility index (Phi) is 7.10. The number of benzene rings is 1. The van der Waals surface area contributed by atoms with Gasteiger partial charge in [-0.15, -0.1) is 0 Å². The molecule has 0 aliphatic heterocycles. The minimum Gasteiger partial charge on any atom is -0.388 e. The lowest BCUT2D eigenvalue weighted by atomic mass is 9.95. The average molecular weight is 295 g/mol. The summed E-state index contributed by atoms with van der Waals surface area (Å²) in [4.78, 5) is 12.3. The van der Waals surface area contributed by atoms with Crippen LogP contribution < -0.4 is 5.32 Å². The van der Waals surface area contributed by atoms with Crippen molar-refractivity contribution >= 4 is 17.7 Å². The summed E-state index contributed by atoms with van der Waals surface area (Å²) in [5.74, 6) is 0.731. The summed E-state index contributed by atoms with van der Waals surface area (Å²) in [6, 6.07) is 9.78. The number of hydrogen-bond acceptors (Lipinski definition) is 3. The van der Waals surface area contributed by atoms with Crippen LogP contribution in [0.15, 0.2) is 30.3 Å². The van der Waals surface area contributed by atoms with Crippen molar-refractivity contribution in [3.8, 4) is 0 Å². The predicted octanol–water partition coefficient (Wildman–Crippen LogP) is 2.80. The van der Waals surface area contributed by atoms with E-state index in [0.29, 0.717) is 13.0 Å². The summed E-state index contributed by atoms with van der Waals surface area (Å²) in [5, 5.41) is 13.1. The van der Waals surface area contributed by atoms with Crippen LogP contribution in [-0.4, -0.2) is 35.2 Å². The Morgan fingerprint density at radius 1 is 1.40 bits per heavy atom. The number of nitrogens with one attached hydrogen (secondary N) is 1. The van der Waals surface area contributed by atoms with Crippen molar-refractivity contribution in [1.29, 1.82) is 0 Å². The van der Waals surface area contributed by atoms with E-state index in [1.807, 2.05) is 43.5 Å². The molecule has 2 atom stereocenters. The molecular formula is C16H25NO2S. The fourth-order valence-electron chi connectivity index (χ4n) is 2.07. The molecule has 0 fully saturated rings. The molecule has 0 bridgehead atoms. The standard InChI is InChI=1S/C16H25NO2S/c1-4-14(13-8-6-5-7-9-13)15(18)17-12-16(2,19)10-11-20-3/h5-9,14,19H,4,10-12H2,1-3H3,(H,17,18)/t14-,16-/m1/s1. The Morgan fingerprint density at radius 3 is 2.60 bits per heavy atom. The van der Waals surface area contributed by atoms with Crippen molar-refractivity contribution in [1.82, 2.24) is 5.32 Å². The number of hydrogen-bond donors (Lipinski definition) is 2. The zero-order chi connectivity index (χ0) is 15.0. The van der Waals surface area contributed by atoms with Gasteiger partial charge in [0.25, 0.3) is 0 Å². The van der Waals surface area contributed by atoms with Gasteiger partial charge in [0.2, 0.25) is 5.91 Å². The number of carbonyl (C=O) groups is 1. The molecule has 20 heavy (non-hydrogen) atoms. The van der Waals surface area contributed by atoms with Crippen molar-refractivity contribution in [2.24, 2.45) is 0 Å². The zero-order valence-corrected chi connectivity index (χ0v) is 13.4. The van der Waals surface area contributed by atoms with Gasteiger partial charge in [-0.2, -0.15) is 11.8 Å². The normalized spacial score (nSPS) is 15.4. The molecular weight excluding hydrogens is 270 g/mol. The number of carbonyl (C=O) groups excluding carboxylic acids is 1. The molecule has 1 aromatic rings. The molecule has 4 heteroatoms. The fourth-order valence-corrected chi connectivity index (χ4v) is 2.71. The molecule has 1 amide bonds. The van der Waals surface area contributed by atoms with E-state index in [9.17, 15) is 9.90 Å². The summed E-state index contributed by atoms with van der Waals surface area (Å²) in [6.45, 7) is 4.08. The van der Waals surface area contributed by atoms with E-state index in [1.165, 1.54) is 0 Å². The molecule has 3 nitrogen and oxygen atoms in total. The molecule has 0 saturated heterocycles. The molecule has 2 N–H and O–H groups in total. The van der Waals surface area contributed by atoms with Crippen LogP contribution in [0.4, 0.5) is 0 Å². The Bertz CT molecular complexity index is 406. The predicted molar refractivity (Wildman–Crippen MR) is 86.1 cm³/mol. The Labute approximate surface area is 126 Å². The Hall–Kier alpha value is -1.00. The maximum Gasteiger partial charge on any atom is 0.227 e. The maximum atomic E-state index is 12.3. The lowest BCUT2D eigenvalue weighted by Gasteiger charge is -2.25. The van der Waals surface area contributed by atoms with Gasteiger partial charge < -0.3 is 10.4 Å². The van der Waals surface area contributed by atoms with Gasteiger partial charge in [0.05, 0.1) is 11.5 Å². The van der Waals surface area contributed by atoms with Gasteiger partial charge in [0.15, 0.2) is 0 Å². The van der Waals surface area contributed by atoms with Gasteiger partial charge in [-0.3, -0.25) is 4.79 Å². The van der Waals surface area contributed by atoms with Crippen LogP contribution in [0.5, 0.6) is 0 Å². The van der Waals surface area contributed by atoms with E-state index in [-0.39, 0.29) is 11.8 Å². The molecule has 1 rings (SSSR count). The minimum absolute atomic E-state index is 0.0110. The molecule has 0 saturated carbocycles. The summed E-state index contributed by atoms with van der Waals surface area (Å²) in [7, 11) is 0. The average Bonchev–Trinajstić information content (AvgIpc) is 2.45. The molecule has 1 aromatic carbocycles. The fraction of sp³-hybridized carbons (Fsp3) is 0.562. The van der Waals surface area contributed by atoms with Gasteiger partial charge in [0.1, 0.15) is 0 Å². The Balaban J connectivity index is 2.56. The number of aliphatic hydroxyl groups is 1. The first-order valence-electron chi connectivity index (χ1n) is 7.04. The lowest BCUT2D eigenvalue weighted by Crippen LogP contribution is -2.42. The van der Waals surface area contributed by atoms with Crippen LogP contribution >= 0.6 is 11.8 Å². The molecule has 112 valence electrons. The van der Waals surface area contributed by atoms with E-state index in [2.05, 4.69) is 5.32 Å². The molecule has 0 unspecified atom stereocenters. The van der Waals surface area contributed by atoms with E-state index in [1.54, 1.807) is 18.7 Å². The van der Waals surface area contributed by atoms with Crippen molar-refractivity contribution in [2.75, 3.05) is 18.6 Å². The zero-order valence-electron chi connectivity index (χ0n) is 12.6. The molecule has 0 aliphatic carbocycles. The van der Waals surface area contributed by atoms with Crippen molar-refractivity contribution in [3.63, 3.8) is 0 Å². The van der Waals surface area contributed by atoms with E-state index >= 15 is 0 Å². The van der Waals surface area contributed by atoms with Gasteiger partial charge in [-0.1, -0.05) is 37.3 Å². The van der Waals surface area contributed by atoms with Gasteiger partial charge >= 0.3 is 0 Å². The molecule has 0 aliphatic rings. The third-order valence-electron chi connectivity index (χ3n) is 3.41. The van der Waals surface area contributed by atoms with Crippen molar-refractivity contribution in [3.05, 3.63) is 35.9 Å². The molecule has 0 radical (unpaired) electrons. The molecule has 0 heterocycles. The summed E-state index contributed by atoms with van der Waals surface area (Å²) < 4.78 is 0. The number of thioether (sulfide) groups is 1. The maximum absolute atomic E-state index is 12.3. The highest BCUT2D eigenvalue weighted by atomic mass is 32.2. The third kappa shape index (κ3) is 5.55. The first kappa shape index (κ1) is 17.1. The second kappa shape index (κ2) is 8.32. The highest BCUT2D eigenvalue weighted by molar-refractivity contribution is 7.98. The SMILES string of the molecule is CC[C@@H](C(=O)NC[C@](C)(O)CCSC)c1ccccc1. The molecule has 0 aromatic heterocycles. The van der Waals surface area contributed by atoms with Crippen LogP contribution in [0.25, 0.3) is 0 Å². The first-order chi connectivity index (χ1) is 9.50. The first-order valence-corrected chi connectivity index (χ1v) is 8.43.